The van der Waals surface area contributed by atoms with Gasteiger partial charge in [0.1, 0.15) is 5.82 Å². The molecule has 6 heteroatoms. The molecule has 3 rings (SSSR count). The van der Waals surface area contributed by atoms with Crippen molar-refractivity contribution in [3.05, 3.63) is 53.8 Å². The second-order valence-corrected chi connectivity index (χ2v) is 4.60. The Morgan fingerprint density at radius 3 is 2.80 bits per heavy atom. The van der Waals surface area contributed by atoms with Gasteiger partial charge in [-0.3, -0.25) is 4.98 Å². The maximum Gasteiger partial charge on any atom is 0.141 e. The van der Waals surface area contributed by atoms with Crippen molar-refractivity contribution >= 4 is 39.7 Å². The Kier molecular flexibility index (Phi) is 3.37. The first-order chi connectivity index (χ1) is 9.78. The normalized spacial score (nSPS) is 10.5. The minimum Gasteiger partial charge on any atom is -0.354 e. The quantitative estimate of drug-likeness (QED) is 0.508. The van der Waals surface area contributed by atoms with Crippen molar-refractivity contribution in [1.82, 2.24) is 9.97 Å². The number of nitrogens with one attached hydrogen (secondary N) is 2. The number of nitrogen functional groups attached to an aromatic ring is 1. The molecule has 0 aliphatic heterocycles. The van der Waals surface area contributed by atoms with E-state index in [0.29, 0.717) is 10.8 Å². The molecule has 0 bridgehead atoms. The van der Waals surface area contributed by atoms with Gasteiger partial charge in [0.15, 0.2) is 0 Å². The number of nitrogens with two attached hydrogens (primary N) is 1. The van der Waals surface area contributed by atoms with E-state index in [2.05, 4.69) is 20.7 Å². The number of hydrogen-bond donors (Lipinski definition) is 3. The topological polar surface area (TPSA) is 75.9 Å². The van der Waals surface area contributed by atoms with E-state index in [0.717, 1.165) is 22.3 Å². The fourth-order valence-electron chi connectivity index (χ4n) is 1.98. The number of rotatable bonds is 3. The Balaban J connectivity index is 2.04. The van der Waals surface area contributed by atoms with Gasteiger partial charge in [-0.2, -0.15) is 0 Å². The summed E-state index contributed by atoms with van der Waals surface area (Å²) in [4.78, 5) is 8.44. The minimum atomic E-state index is 0.584. The van der Waals surface area contributed by atoms with Gasteiger partial charge in [0.05, 0.1) is 16.2 Å². The van der Waals surface area contributed by atoms with Gasteiger partial charge in [0, 0.05) is 29.5 Å². The van der Waals surface area contributed by atoms with Crippen molar-refractivity contribution in [1.29, 1.82) is 0 Å². The number of nitrogens with zero attached hydrogens (tertiary/aromatic N) is 2. The molecular weight excluding hydrogens is 274 g/mol. The lowest BCUT2D eigenvalue weighted by Gasteiger charge is -2.10. The SMILES string of the molecule is NNc1cc(Nc2ccc(Cl)c3cccnc23)ccn1. The van der Waals surface area contributed by atoms with Gasteiger partial charge in [-0.25, -0.2) is 10.8 Å². The van der Waals surface area contributed by atoms with Crippen molar-refractivity contribution in [3.8, 4) is 0 Å². The molecule has 5 nitrogen and oxygen atoms in total. The molecule has 0 saturated carbocycles. The zero-order chi connectivity index (χ0) is 13.9. The fourth-order valence-corrected chi connectivity index (χ4v) is 2.20. The molecule has 0 unspecified atom stereocenters. The first-order valence-electron chi connectivity index (χ1n) is 6.01. The van der Waals surface area contributed by atoms with E-state index in [4.69, 9.17) is 17.4 Å². The van der Waals surface area contributed by atoms with Crippen molar-refractivity contribution < 1.29 is 0 Å². The van der Waals surface area contributed by atoms with Crippen LogP contribution in [0.3, 0.4) is 0 Å². The maximum atomic E-state index is 6.18. The van der Waals surface area contributed by atoms with Crippen LogP contribution in [-0.4, -0.2) is 9.97 Å². The number of benzene rings is 1. The highest BCUT2D eigenvalue weighted by molar-refractivity contribution is 6.35. The highest BCUT2D eigenvalue weighted by Crippen LogP contribution is 2.30. The summed E-state index contributed by atoms with van der Waals surface area (Å²) in [6.07, 6.45) is 3.41. The third kappa shape index (κ3) is 2.36. The second kappa shape index (κ2) is 5.32. The summed E-state index contributed by atoms with van der Waals surface area (Å²) in [6.45, 7) is 0. The molecule has 0 atom stereocenters. The zero-order valence-corrected chi connectivity index (χ0v) is 11.2. The highest BCUT2D eigenvalue weighted by atomic mass is 35.5. The molecule has 0 aliphatic rings. The molecular formula is C14H12ClN5. The van der Waals surface area contributed by atoms with E-state index in [1.54, 1.807) is 12.4 Å². The molecule has 3 aromatic rings. The van der Waals surface area contributed by atoms with E-state index < -0.39 is 0 Å². The number of hydrogen-bond acceptors (Lipinski definition) is 5. The van der Waals surface area contributed by atoms with Crippen molar-refractivity contribution in [2.24, 2.45) is 5.84 Å². The van der Waals surface area contributed by atoms with Gasteiger partial charge in [0.2, 0.25) is 0 Å². The zero-order valence-electron chi connectivity index (χ0n) is 10.5. The third-order valence-corrected chi connectivity index (χ3v) is 3.23. The van der Waals surface area contributed by atoms with Crippen LogP contribution in [0.4, 0.5) is 17.2 Å². The van der Waals surface area contributed by atoms with E-state index in [9.17, 15) is 0 Å². The molecule has 4 N–H and O–H groups in total. The Bertz CT molecular complexity index is 759. The van der Waals surface area contributed by atoms with Gasteiger partial charge in [-0.15, -0.1) is 0 Å². The molecule has 20 heavy (non-hydrogen) atoms. The summed E-state index contributed by atoms with van der Waals surface area (Å²) in [6, 6.07) is 11.2. The molecule has 0 saturated heterocycles. The maximum absolute atomic E-state index is 6.18. The lowest BCUT2D eigenvalue weighted by atomic mass is 10.2. The molecule has 1 aromatic carbocycles. The monoisotopic (exact) mass is 285 g/mol. The van der Waals surface area contributed by atoms with E-state index in [1.807, 2.05) is 36.4 Å². The van der Waals surface area contributed by atoms with E-state index >= 15 is 0 Å². The van der Waals surface area contributed by atoms with Gasteiger partial charge >= 0.3 is 0 Å². The largest absolute Gasteiger partial charge is 0.354 e. The van der Waals surface area contributed by atoms with Gasteiger partial charge in [-0.1, -0.05) is 11.6 Å². The minimum absolute atomic E-state index is 0.584. The molecule has 0 fully saturated rings. The number of aromatic nitrogens is 2. The first-order valence-corrected chi connectivity index (χ1v) is 6.38. The predicted molar refractivity (Wildman–Crippen MR) is 82.1 cm³/mol. The van der Waals surface area contributed by atoms with Crippen molar-refractivity contribution in [2.75, 3.05) is 10.7 Å². The Morgan fingerprint density at radius 2 is 1.95 bits per heavy atom. The smallest absolute Gasteiger partial charge is 0.141 e. The van der Waals surface area contributed by atoms with Crippen molar-refractivity contribution in [2.45, 2.75) is 0 Å². The number of halogens is 1. The van der Waals surface area contributed by atoms with Crippen LogP contribution in [-0.2, 0) is 0 Å². The first kappa shape index (κ1) is 12.7. The van der Waals surface area contributed by atoms with Crippen LogP contribution in [0.1, 0.15) is 0 Å². The average Bonchev–Trinajstić information content (AvgIpc) is 2.51. The van der Waals surface area contributed by atoms with Crippen LogP contribution in [0.2, 0.25) is 5.02 Å². The summed E-state index contributed by atoms with van der Waals surface area (Å²) in [7, 11) is 0. The summed E-state index contributed by atoms with van der Waals surface area (Å²) >= 11 is 6.18. The fraction of sp³-hybridized carbons (Fsp3) is 0. The molecule has 0 spiro atoms. The highest BCUT2D eigenvalue weighted by Gasteiger charge is 2.06. The van der Waals surface area contributed by atoms with Crippen LogP contribution in [0.5, 0.6) is 0 Å². The molecule has 0 amide bonds. The number of hydrazine groups is 1. The van der Waals surface area contributed by atoms with Crippen LogP contribution in [0, 0.1) is 0 Å². The Morgan fingerprint density at radius 1 is 1.05 bits per heavy atom. The Hall–Kier alpha value is -2.37. The van der Waals surface area contributed by atoms with Gasteiger partial charge in [0.25, 0.3) is 0 Å². The molecule has 100 valence electrons. The molecule has 2 aromatic heterocycles. The van der Waals surface area contributed by atoms with Crippen LogP contribution in [0.15, 0.2) is 48.8 Å². The second-order valence-electron chi connectivity index (χ2n) is 4.19. The van der Waals surface area contributed by atoms with Crippen LogP contribution in [0.25, 0.3) is 10.9 Å². The van der Waals surface area contributed by atoms with E-state index in [-0.39, 0.29) is 0 Å². The van der Waals surface area contributed by atoms with Crippen molar-refractivity contribution in [3.63, 3.8) is 0 Å². The summed E-state index contributed by atoms with van der Waals surface area (Å²) in [5.74, 6) is 5.94. The number of anilines is 3. The van der Waals surface area contributed by atoms with Gasteiger partial charge < -0.3 is 10.7 Å². The van der Waals surface area contributed by atoms with E-state index in [1.165, 1.54) is 0 Å². The standard InChI is InChI=1S/C14H12ClN5/c15-11-3-4-12(14-10(11)2-1-6-18-14)19-9-5-7-17-13(8-9)20-16/h1-8H,16H2,(H2,17,19,20). The van der Waals surface area contributed by atoms with Crippen LogP contribution >= 0.6 is 11.6 Å². The number of fused-ring (bicyclic) bond motifs is 1. The third-order valence-electron chi connectivity index (χ3n) is 2.90. The molecule has 2 heterocycles. The lowest BCUT2D eigenvalue weighted by Crippen LogP contribution is -2.08. The number of pyridine rings is 2. The summed E-state index contributed by atoms with van der Waals surface area (Å²) in [5.41, 5.74) is 5.07. The lowest BCUT2D eigenvalue weighted by molar-refractivity contribution is 1.23. The average molecular weight is 286 g/mol. The summed E-state index contributed by atoms with van der Waals surface area (Å²) in [5, 5.41) is 4.88. The molecule has 0 radical (unpaired) electrons. The molecule has 0 aliphatic carbocycles. The van der Waals surface area contributed by atoms with Gasteiger partial charge in [-0.05, 0) is 30.3 Å². The Labute approximate surface area is 120 Å². The summed E-state index contributed by atoms with van der Waals surface area (Å²) < 4.78 is 0. The van der Waals surface area contributed by atoms with Crippen LogP contribution < -0.4 is 16.6 Å². The predicted octanol–water partition coefficient (Wildman–Crippen LogP) is 3.31.